The van der Waals surface area contributed by atoms with Crippen molar-refractivity contribution in [3.63, 3.8) is 0 Å². The predicted molar refractivity (Wildman–Crippen MR) is 93.5 cm³/mol. The van der Waals surface area contributed by atoms with Gasteiger partial charge in [-0.05, 0) is 52.6 Å². The van der Waals surface area contributed by atoms with Crippen molar-refractivity contribution in [2.45, 2.75) is 18.1 Å². The highest BCUT2D eigenvalue weighted by Crippen LogP contribution is 2.19. The largest absolute Gasteiger partial charge is 0.494 e. The number of thiophene rings is 1. The lowest BCUT2D eigenvalue weighted by atomic mass is 10.3. The van der Waals surface area contributed by atoms with E-state index in [0.29, 0.717) is 18.2 Å². The van der Waals surface area contributed by atoms with Crippen LogP contribution >= 0.6 is 34.7 Å². The van der Waals surface area contributed by atoms with Crippen molar-refractivity contribution in [1.29, 1.82) is 0 Å². The third-order valence-electron chi connectivity index (χ3n) is 2.99. The Morgan fingerprint density at radius 3 is 2.87 bits per heavy atom. The van der Waals surface area contributed by atoms with E-state index in [-0.39, 0.29) is 0 Å². The van der Waals surface area contributed by atoms with E-state index in [1.54, 1.807) is 23.1 Å². The van der Waals surface area contributed by atoms with Crippen LogP contribution in [0, 0.1) is 0 Å². The van der Waals surface area contributed by atoms with Gasteiger partial charge in [-0.25, -0.2) is 4.68 Å². The fourth-order valence-electron chi connectivity index (χ4n) is 1.89. The summed E-state index contributed by atoms with van der Waals surface area (Å²) in [6.45, 7) is 1.37. The zero-order chi connectivity index (χ0) is 15.9. The molecule has 0 unspecified atom stereocenters. The van der Waals surface area contributed by atoms with Gasteiger partial charge in [0.2, 0.25) is 5.16 Å². The molecule has 0 fully saturated rings. The molecule has 1 aromatic carbocycles. The molecule has 0 saturated heterocycles. The number of benzene rings is 1. The van der Waals surface area contributed by atoms with Gasteiger partial charge in [-0.1, -0.05) is 29.4 Å². The SMILES string of the molecule is Clc1ccc(OCCCSc2nnnn2Cc2cccs2)cc1. The molecule has 2 aromatic heterocycles. The Bertz CT molecular complexity index is 715. The molecule has 0 aliphatic carbocycles. The number of thioether (sulfide) groups is 1. The van der Waals surface area contributed by atoms with Gasteiger partial charge < -0.3 is 4.74 Å². The van der Waals surface area contributed by atoms with E-state index in [0.717, 1.165) is 23.1 Å². The smallest absolute Gasteiger partial charge is 0.209 e. The second-order valence-corrected chi connectivity index (χ2v) is 7.23. The van der Waals surface area contributed by atoms with Gasteiger partial charge in [0, 0.05) is 15.7 Å². The molecule has 0 aliphatic rings. The zero-order valence-corrected chi connectivity index (χ0v) is 14.7. The molecule has 5 nitrogen and oxygen atoms in total. The summed E-state index contributed by atoms with van der Waals surface area (Å²) in [5, 5.41) is 15.5. The first-order valence-electron chi connectivity index (χ1n) is 7.11. The third kappa shape index (κ3) is 4.95. The van der Waals surface area contributed by atoms with Gasteiger partial charge in [-0.3, -0.25) is 0 Å². The molecule has 0 bridgehead atoms. The number of rotatable bonds is 8. The Balaban J connectivity index is 1.41. The van der Waals surface area contributed by atoms with Crippen LogP contribution in [0.3, 0.4) is 0 Å². The molecule has 23 heavy (non-hydrogen) atoms. The van der Waals surface area contributed by atoms with Crippen LogP contribution in [-0.2, 0) is 6.54 Å². The van der Waals surface area contributed by atoms with E-state index in [9.17, 15) is 0 Å². The van der Waals surface area contributed by atoms with Gasteiger partial charge in [0.15, 0.2) is 0 Å². The molecule has 0 saturated carbocycles. The quantitative estimate of drug-likeness (QED) is 0.445. The Morgan fingerprint density at radius 2 is 2.09 bits per heavy atom. The van der Waals surface area contributed by atoms with Crippen LogP contribution in [0.15, 0.2) is 46.9 Å². The first-order valence-corrected chi connectivity index (χ1v) is 9.35. The normalized spacial score (nSPS) is 10.8. The molecule has 3 rings (SSSR count). The molecule has 0 radical (unpaired) electrons. The van der Waals surface area contributed by atoms with Crippen LogP contribution in [0.1, 0.15) is 11.3 Å². The van der Waals surface area contributed by atoms with E-state index in [4.69, 9.17) is 16.3 Å². The lowest BCUT2D eigenvalue weighted by molar-refractivity contribution is 0.318. The number of hydrogen-bond acceptors (Lipinski definition) is 6. The van der Waals surface area contributed by atoms with Crippen molar-refractivity contribution in [2.75, 3.05) is 12.4 Å². The number of aromatic nitrogens is 4. The van der Waals surface area contributed by atoms with Gasteiger partial charge in [0.1, 0.15) is 5.75 Å². The summed E-state index contributed by atoms with van der Waals surface area (Å²) in [6, 6.07) is 11.5. The van der Waals surface area contributed by atoms with E-state index >= 15 is 0 Å². The average molecular weight is 367 g/mol. The van der Waals surface area contributed by atoms with Crippen molar-refractivity contribution in [2.24, 2.45) is 0 Å². The van der Waals surface area contributed by atoms with E-state index in [1.165, 1.54) is 4.88 Å². The maximum atomic E-state index is 5.84. The molecule has 0 aliphatic heterocycles. The number of tetrazole rings is 1. The summed E-state index contributed by atoms with van der Waals surface area (Å²) >= 11 is 9.19. The molecular formula is C15H15ClN4OS2. The number of nitrogens with zero attached hydrogens (tertiary/aromatic N) is 4. The standard InChI is InChI=1S/C15H15ClN4OS2/c16-12-4-6-13(7-5-12)21-8-2-10-23-15-17-18-19-20(15)11-14-3-1-9-22-14/h1,3-7,9H,2,8,10-11H2. The van der Waals surface area contributed by atoms with Crippen molar-refractivity contribution in [1.82, 2.24) is 20.2 Å². The Morgan fingerprint density at radius 1 is 1.22 bits per heavy atom. The maximum absolute atomic E-state index is 5.84. The van der Waals surface area contributed by atoms with Gasteiger partial charge in [-0.15, -0.1) is 16.4 Å². The highest BCUT2D eigenvalue weighted by molar-refractivity contribution is 7.99. The molecule has 0 N–H and O–H groups in total. The summed E-state index contributed by atoms with van der Waals surface area (Å²) in [5.41, 5.74) is 0. The minimum absolute atomic E-state index is 0.654. The summed E-state index contributed by atoms with van der Waals surface area (Å²) in [4.78, 5) is 1.24. The number of ether oxygens (including phenoxy) is 1. The Hall–Kier alpha value is -1.57. The zero-order valence-electron chi connectivity index (χ0n) is 12.3. The molecule has 0 atom stereocenters. The van der Waals surface area contributed by atoms with Crippen LogP contribution < -0.4 is 4.74 Å². The van der Waals surface area contributed by atoms with E-state index in [1.807, 2.05) is 35.0 Å². The van der Waals surface area contributed by atoms with Crippen molar-refractivity contribution in [3.8, 4) is 5.75 Å². The minimum Gasteiger partial charge on any atom is -0.494 e. The van der Waals surface area contributed by atoms with Gasteiger partial charge in [-0.2, -0.15) is 0 Å². The van der Waals surface area contributed by atoms with Gasteiger partial charge in [0.05, 0.1) is 13.2 Å². The van der Waals surface area contributed by atoms with Crippen LogP contribution in [0.25, 0.3) is 0 Å². The second-order valence-electron chi connectivity index (χ2n) is 4.70. The van der Waals surface area contributed by atoms with Gasteiger partial charge >= 0.3 is 0 Å². The molecule has 8 heteroatoms. The minimum atomic E-state index is 0.654. The molecule has 2 heterocycles. The topological polar surface area (TPSA) is 52.8 Å². The molecule has 120 valence electrons. The number of hydrogen-bond donors (Lipinski definition) is 0. The summed E-state index contributed by atoms with van der Waals surface area (Å²) in [7, 11) is 0. The average Bonchev–Trinajstić information content (AvgIpc) is 3.22. The summed E-state index contributed by atoms with van der Waals surface area (Å²) in [6.07, 6.45) is 0.916. The van der Waals surface area contributed by atoms with Crippen LogP contribution in [0.4, 0.5) is 0 Å². The lowest BCUT2D eigenvalue weighted by Crippen LogP contribution is -2.03. The van der Waals surface area contributed by atoms with Crippen LogP contribution in [0.2, 0.25) is 5.02 Å². The van der Waals surface area contributed by atoms with Crippen LogP contribution in [-0.4, -0.2) is 32.6 Å². The predicted octanol–water partition coefficient (Wildman–Crippen LogP) is 4.00. The van der Waals surface area contributed by atoms with Crippen molar-refractivity contribution in [3.05, 3.63) is 51.7 Å². The molecule has 0 amide bonds. The Labute approximate surface area is 147 Å². The highest BCUT2D eigenvalue weighted by Gasteiger charge is 2.07. The first kappa shape index (κ1) is 16.3. The highest BCUT2D eigenvalue weighted by atomic mass is 35.5. The Kier molecular flexibility index (Phi) is 5.90. The lowest BCUT2D eigenvalue weighted by Gasteiger charge is -2.06. The molecule has 3 aromatic rings. The fraction of sp³-hybridized carbons (Fsp3) is 0.267. The van der Waals surface area contributed by atoms with Crippen molar-refractivity contribution < 1.29 is 4.74 Å². The van der Waals surface area contributed by atoms with E-state index in [2.05, 4.69) is 27.0 Å². The fourth-order valence-corrected chi connectivity index (χ4v) is 3.49. The maximum Gasteiger partial charge on any atom is 0.209 e. The summed E-state index contributed by atoms with van der Waals surface area (Å²) in [5.74, 6) is 1.74. The monoisotopic (exact) mass is 366 g/mol. The summed E-state index contributed by atoms with van der Waals surface area (Å²) < 4.78 is 7.50. The van der Waals surface area contributed by atoms with Gasteiger partial charge in [0.25, 0.3) is 0 Å². The van der Waals surface area contributed by atoms with Crippen LogP contribution in [0.5, 0.6) is 5.75 Å². The van der Waals surface area contributed by atoms with Crippen molar-refractivity contribution >= 4 is 34.7 Å². The first-order chi connectivity index (χ1) is 11.3. The van der Waals surface area contributed by atoms with E-state index < -0.39 is 0 Å². The number of halogens is 1. The molecular weight excluding hydrogens is 352 g/mol. The second kappa shape index (κ2) is 8.33. The third-order valence-corrected chi connectivity index (χ3v) is 5.14. The molecule has 0 spiro atoms.